The van der Waals surface area contributed by atoms with Crippen LogP contribution in [-0.2, 0) is 0 Å². The number of oxazole rings is 1. The normalized spacial score (nSPS) is 10.9. The van der Waals surface area contributed by atoms with Crippen molar-refractivity contribution < 1.29 is 13.9 Å². The van der Waals surface area contributed by atoms with Gasteiger partial charge in [0.05, 0.1) is 6.10 Å². The molecule has 6 nitrogen and oxygen atoms in total. The van der Waals surface area contributed by atoms with Crippen LogP contribution in [0.3, 0.4) is 0 Å². The Kier molecular flexibility index (Phi) is 6.39. The summed E-state index contributed by atoms with van der Waals surface area (Å²) < 4.78 is 11.5. The number of halogens is 1. The fourth-order valence-corrected chi connectivity index (χ4v) is 3.38. The topological polar surface area (TPSA) is 76.4 Å². The van der Waals surface area contributed by atoms with Gasteiger partial charge in [-0.05, 0) is 86.7 Å². The van der Waals surface area contributed by atoms with Gasteiger partial charge in [0.1, 0.15) is 11.3 Å². The summed E-state index contributed by atoms with van der Waals surface area (Å²) >= 11 is 11.2. The zero-order chi connectivity index (χ0) is 22.7. The van der Waals surface area contributed by atoms with Crippen molar-refractivity contribution in [3.05, 3.63) is 77.3 Å². The molecular weight excluding hydrogens is 446 g/mol. The van der Waals surface area contributed by atoms with Crippen molar-refractivity contribution in [3.8, 4) is 17.2 Å². The zero-order valence-electron chi connectivity index (χ0n) is 17.4. The minimum atomic E-state index is -0.329. The molecule has 0 spiro atoms. The van der Waals surface area contributed by atoms with E-state index in [4.69, 9.17) is 33.0 Å². The van der Waals surface area contributed by atoms with Gasteiger partial charge in [-0.3, -0.25) is 10.1 Å². The van der Waals surface area contributed by atoms with Crippen LogP contribution in [0.1, 0.15) is 24.2 Å². The summed E-state index contributed by atoms with van der Waals surface area (Å²) in [5.74, 6) is 0.789. The van der Waals surface area contributed by atoms with E-state index in [9.17, 15) is 4.79 Å². The lowest BCUT2D eigenvalue weighted by Gasteiger charge is -2.12. The molecule has 1 heterocycles. The Morgan fingerprint density at radius 1 is 1.09 bits per heavy atom. The number of hydrogen-bond acceptors (Lipinski definition) is 5. The van der Waals surface area contributed by atoms with Crippen LogP contribution in [0.25, 0.3) is 22.6 Å². The van der Waals surface area contributed by atoms with Crippen LogP contribution in [0.15, 0.2) is 71.1 Å². The zero-order valence-corrected chi connectivity index (χ0v) is 19.0. The second-order valence-corrected chi connectivity index (χ2v) is 8.16. The van der Waals surface area contributed by atoms with Gasteiger partial charge in [-0.25, -0.2) is 4.98 Å². The van der Waals surface area contributed by atoms with Gasteiger partial charge in [0.25, 0.3) is 5.91 Å². The number of thiocarbonyl (C=S) groups is 1. The first-order chi connectivity index (χ1) is 15.4. The smallest absolute Gasteiger partial charge is 0.257 e. The van der Waals surface area contributed by atoms with E-state index in [1.165, 1.54) is 0 Å². The summed E-state index contributed by atoms with van der Waals surface area (Å²) in [7, 11) is 0. The number of fused-ring (bicyclic) bond motifs is 1. The van der Waals surface area contributed by atoms with Crippen LogP contribution in [-0.4, -0.2) is 22.1 Å². The fraction of sp³-hybridized carbons (Fsp3) is 0.125. The molecule has 0 saturated carbocycles. The number of carbonyl (C=O) groups excluding carboxylic acids is 1. The SMILES string of the molecule is CC(C)Oc1cccc(C(=O)NC(=S)Nc2ccc3oc(-c4ccc(Cl)cc4)nc3c2)c1. The van der Waals surface area contributed by atoms with Gasteiger partial charge in [0.2, 0.25) is 5.89 Å². The van der Waals surface area contributed by atoms with Crippen LogP contribution in [0, 0.1) is 0 Å². The van der Waals surface area contributed by atoms with Gasteiger partial charge in [-0.15, -0.1) is 0 Å². The van der Waals surface area contributed by atoms with Gasteiger partial charge < -0.3 is 14.5 Å². The molecule has 4 rings (SSSR count). The van der Waals surface area contributed by atoms with Crippen LogP contribution >= 0.6 is 23.8 Å². The second-order valence-electron chi connectivity index (χ2n) is 7.31. The van der Waals surface area contributed by atoms with Crippen LogP contribution < -0.4 is 15.4 Å². The summed E-state index contributed by atoms with van der Waals surface area (Å²) in [5, 5.41) is 6.50. The number of aromatic nitrogens is 1. The molecule has 0 aliphatic carbocycles. The molecule has 162 valence electrons. The third-order valence-corrected chi connectivity index (χ3v) is 4.89. The van der Waals surface area contributed by atoms with Gasteiger partial charge in [0.15, 0.2) is 10.7 Å². The molecule has 8 heteroatoms. The fourth-order valence-electron chi connectivity index (χ4n) is 3.04. The van der Waals surface area contributed by atoms with Gasteiger partial charge >= 0.3 is 0 Å². The first kappa shape index (κ1) is 21.8. The quantitative estimate of drug-likeness (QED) is 0.349. The maximum Gasteiger partial charge on any atom is 0.257 e. The molecule has 0 fully saturated rings. The highest BCUT2D eigenvalue weighted by Crippen LogP contribution is 2.27. The Hall–Kier alpha value is -3.42. The number of nitrogens with one attached hydrogen (secondary N) is 2. The molecule has 0 aliphatic heterocycles. The molecule has 0 atom stereocenters. The molecule has 0 radical (unpaired) electrons. The first-order valence-electron chi connectivity index (χ1n) is 9.93. The Morgan fingerprint density at radius 2 is 1.88 bits per heavy atom. The summed E-state index contributed by atoms with van der Waals surface area (Å²) in [5.41, 5.74) is 3.25. The number of anilines is 1. The van der Waals surface area contributed by atoms with E-state index < -0.39 is 0 Å². The highest BCUT2D eigenvalue weighted by molar-refractivity contribution is 7.80. The third kappa shape index (κ3) is 5.25. The van der Waals surface area contributed by atoms with E-state index in [0.717, 1.165) is 5.56 Å². The number of rotatable bonds is 5. The second kappa shape index (κ2) is 9.38. The number of amides is 1. The maximum absolute atomic E-state index is 12.5. The summed E-state index contributed by atoms with van der Waals surface area (Å²) in [6.45, 7) is 3.85. The van der Waals surface area contributed by atoms with Crippen molar-refractivity contribution >= 4 is 51.6 Å². The molecule has 2 N–H and O–H groups in total. The number of ether oxygens (including phenoxy) is 1. The maximum atomic E-state index is 12.5. The monoisotopic (exact) mass is 465 g/mol. The average molecular weight is 466 g/mol. The Bertz CT molecular complexity index is 1290. The summed E-state index contributed by atoms with van der Waals surface area (Å²) in [4.78, 5) is 17.1. The molecule has 0 bridgehead atoms. The lowest BCUT2D eigenvalue weighted by molar-refractivity contribution is 0.0977. The van der Waals surface area contributed by atoms with E-state index in [0.29, 0.717) is 39.0 Å². The van der Waals surface area contributed by atoms with E-state index in [1.54, 1.807) is 54.6 Å². The average Bonchev–Trinajstić information content (AvgIpc) is 3.17. The standard InChI is InChI=1S/C24H20ClN3O3S/c1-14(2)30-19-5-3-4-16(12-19)22(29)28-24(32)26-18-10-11-21-20(13-18)27-23(31-21)15-6-8-17(25)9-7-15/h3-14H,1-2H3,(H2,26,28,29,32). The van der Waals surface area contributed by atoms with Crippen LogP contribution in [0.5, 0.6) is 5.75 Å². The van der Waals surface area contributed by atoms with Crippen molar-refractivity contribution in [2.24, 2.45) is 0 Å². The molecule has 1 amide bonds. The Labute approximate surface area is 195 Å². The third-order valence-electron chi connectivity index (χ3n) is 4.43. The first-order valence-corrected chi connectivity index (χ1v) is 10.7. The van der Waals surface area contributed by atoms with E-state index in [1.807, 2.05) is 26.0 Å². The van der Waals surface area contributed by atoms with Crippen molar-refractivity contribution in [2.75, 3.05) is 5.32 Å². The van der Waals surface area contributed by atoms with E-state index in [2.05, 4.69) is 15.6 Å². The summed E-state index contributed by atoms with van der Waals surface area (Å²) in [6.07, 6.45) is 0.0164. The summed E-state index contributed by atoms with van der Waals surface area (Å²) in [6, 6.07) is 19.6. The Morgan fingerprint density at radius 3 is 2.62 bits per heavy atom. The molecule has 1 aromatic heterocycles. The molecule has 0 saturated heterocycles. The minimum Gasteiger partial charge on any atom is -0.491 e. The number of carbonyl (C=O) groups is 1. The minimum absolute atomic E-state index is 0.0164. The predicted molar refractivity (Wildman–Crippen MR) is 130 cm³/mol. The number of nitrogens with zero attached hydrogens (tertiary/aromatic N) is 1. The van der Waals surface area contributed by atoms with E-state index >= 15 is 0 Å². The highest BCUT2D eigenvalue weighted by atomic mass is 35.5. The molecular formula is C24H20ClN3O3S. The van der Waals surface area contributed by atoms with Crippen LogP contribution in [0.4, 0.5) is 5.69 Å². The van der Waals surface area contributed by atoms with Gasteiger partial charge in [-0.2, -0.15) is 0 Å². The Balaban J connectivity index is 1.44. The van der Waals surface area contributed by atoms with E-state index in [-0.39, 0.29) is 17.1 Å². The van der Waals surface area contributed by atoms with Crippen molar-refractivity contribution in [3.63, 3.8) is 0 Å². The molecule has 0 aliphatic rings. The molecule has 0 unspecified atom stereocenters. The van der Waals surface area contributed by atoms with Crippen molar-refractivity contribution in [1.82, 2.24) is 10.3 Å². The lowest BCUT2D eigenvalue weighted by atomic mass is 10.2. The molecule has 4 aromatic rings. The van der Waals surface area contributed by atoms with Gasteiger partial charge in [-0.1, -0.05) is 17.7 Å². The number of hydrogen-bond donors (Lipinski definition) is 2. The lowest BCUT2D eigenvalue weighted by Crippen LogP contribution is -2.34. The van der Waals surface area contributed by atoms with Crippen molar-refractivity contribution in [1.29, 1.82) is 0 Å². The van der Waals surface area contributed by atoms with Gasteiger partial charge in [0, 0.05) is 21.8 Å². The highest BCUT2D eigenvalue weighted by Gasteiger charge is 2.12. The largest absolute Gasteiger partial charge is 0.491 e. The number of benzene rings is 3. The molecule has 3 aromatic carbocycles. The predicted octanol–water partition coefficient (Wildman–Crippen LogP) is 6.06. The van der Waals surface area contributed by atoms with Crippen LogP contribution in [0.2, 0.25) is 5.02 Å². The van der Waals surface area contributed by atoms with Crippen molar-refractivity contribution in [2.45, 2.75) is 20.0 Å². The molecule has 32 heavy (non-hydrogen) atoms.